The molecule has 2 saturated heterocycles. The van der Waals surface area contributed by atoms with Gasteiger partial charge in [-0.1, -0.05) is 11.6 Å². The molecular formula is C20H26ClN3O5. The second-order valence-electron chi connectivity index (χ2n) is 7.47. The smallest absolute Gasteiger partial charge is 0.409 e. The number of piperidine rings is 2. The summed E-state index contributed by atoms with van der Waals surface area (Å²) in [6, 6.07) is 3.09. The summed E-state index contributed by atoms with van der Waals surface area (Å²) in [5, 5.41) is 5.92. The highest BCUT2D eigenvalue weighted by Crippen LogP contribution is 2.35. The number of carbonyl (C=O) groups is 3. The van der Waals surface area contributed by atoms with Crippen molar-refractivity contribution in [3.05, 3.63) is 22.7 Å². The van der Waals surface area contributed by atoms with Gasteiger partial charge in [0.15, 0.2) is 0 Å². The highest BCUT2D eigenvalue weighted by atomic mass is 35.5. The summed E-state index contributed by atoms with van der Waals surface area (Å²) in [7, 11) is 2.85. The van der Waals surface area contributed by atoms with Gasteiger partial charge in [0.25, 0.3) is 5.91 Å². The highest BCUT2D eigenvalue weighted by molar-refractivity contribution is 6.34. The second-order valence-corrected chi connectivity index (χ2v) is 7.88. The molecule has 2 N–H and O–H groups in total. The lowest BCUT2D eigenvalue weighted by Crippen LogP contribution is -2.58. The molecule has 0 aromatic heterocycles. The van der Waals surface area contributed by atoms with Crippen molar-refractivity contribution in [1.82, 2.24) is 10.2 Å². The molecule has 158 valence electrons. The Morgan fingerprint density at radius 1 is 1.14 bits per heavy atom. The molecule has 2 atom stereocenters. The summed E-state index contributed by atoms with van der Waals surface area (Å²) in [6.45, 7) is 1.38. The predicted molar refractivity (Wildman–Crippen MR) is 108 cm³/mol. The van der Waals surface area contributed by atoms with E-state index in [0.717, 1.165) is 19.3 Å². The number of benzene rings is 1. The highest BCUT2D eigenvalue weighted by Gasteiger charge is 2.42. The van der Waals surface area contributed by atoms with Crippen LogP contribution in [0.3, 0.4) is 0 Å². The van der Waals surface area contributed by atoms with Crippen molar-refractivity contribution in [3.8, 4) is 5.75 Å². The van der Waals surface area contributed by atoms with Crippen LogP contribution in [0.25, 0.3) is 0 Å². The molecule has 2 aliphatic rings. The first-order chi connectivity index (χ1) is 13.8. The monoisotopic (exact) mass is 423 g/mol. The van der Waals surface area contributed by atoms with Crippen molar-refractivity contribution < 1.29 is 23.9 Å². The van der Waals surface area contributed by atoms with E-state index in [0.29, 0.717) is 29.8 Å². The van der Waals surface area contributed by atoms with E-state index < -0.39 is 0 Å². The maximum absolute atomic E-state index is 12.9. The Kier molecular flexibility index (Phi) is 6.52. The molecule has 2 heterocycles. The van der Waals surface area contributed by atoms with Crippen molar-refractivity contribution >= 4 is 35.2 Å². The van der Waals surface area contributed by atoms with Gasteiger partial charge in [0.1, 0.15) is 5.75 Å². The van der Waals surface area contributed by atoms with Gasteiger partial charge in [-0.05, 0) is 38.2 Å². The van der Waals surface area contributed by atoms with E-state index in [2.05, 4.69) is 10.6 Å². The maximum atomic E-state index is 12.9. The van der Waals surface area contributed by atoms with Crippen LogP contribution in [0, 0.1) is 0 Å². The Hall–Kier alpha value is -2.48. The van der Waals surface area contributed by atoms with E-state index in [1.165, 1.54) is 33.3 Å². The lowest BCUT2D eigenvalue weighted by molar-refractivity contribution is -0.114. The molecule has 3 rings (SSSR count). The maximum Gasteiger partial charge on any atom is 0.409 e. The Labute approximate surface area is 174 Å². The number of fused-ring (bicyclic) bond motifs is 2. The van der Waals surface area contributed by atoms with E-state index in [-0.39, 0.29) is 41.1 Å². The van der Waals surface area contributed by atoms with Crippen LogP contribution in [0.1, 0.15) is 49.4 Å². The molecule has 29 heavy (non-hydrogen) atoms. The fraction of sp³-hybridized carbons (Fsp3) is 0.550. The van der Waals surface area contributed by atoms with Crippen molar-refractivity contribution in [2.24, 2.45) is 0 Å². The number of carbonyl (C=O) groups excluding carboxylic acids is 3. The number of ether oxygens (including phenoxy) is 2. The van der Waals surface area contributed by atoms with E-state index in [1.54, 1.807) is 0 Å². The number of hydrogen-bond acceptors (Lipinski definition) is 5. The van der Waals surface area contributed by atoms with Crippen molar-refractivity contribution in [1.29, 1.82) is 0 Å². The average molecular weight is 424 g/mol. The number of rotatable bonds is 4. The van der Waals surface area contributed by atoms with Crippen LogP contribution in [0.4, 0.5) is 10.5 Å². The first-order valence-corrected chi connectivity index (χ1v) is 10.0. The summed E-state index contributed by atoms with van der Waals surface area (Å²) < 4.78 is 10.3. The molecule has 0 radical (unpaired) electrons. The molecule has 2 fully saturated rings. The number of methoxy groups -OCH3 is 2. The zero-order valence-corrected chi connectivity index (χ0v) is 17.5. The molecule has 0 spiro atoms. The van der Waals surface area contributed by atoms with Crippen LogP contribution in [-0.4, -0.2) is 55.2 Å². The number of amides is 3. The largest absolute Gasteiger partial charge is 0.496 e. The van der Waals surface area contributed by atoms with Crippen molar-refractivity contribution in [2.75, 3.05) is 19.5 Å². The minimum absolute atomic E-state index is 0.0581. The van der Waals surface area contributed by atoms with Crippen molar-refractivity contribution in [2.45, 2.75) is 57.2 Å². The number of anilines is 1. The van der Waals surface area contributed by atoms with E-state index in [1.807, 2.05) is 4.90 Å². The van der Waals surface area contributed by atoms with Gasteiger partial charge >= 0.3 is 6.09 Å². The number of halogens is 1. The Bertz CT molecular complexity index is 802. The Balaban J connectivity index is 1.75. The van der Waals surface area contributed by atoms with Crippen LogP contribution < -0.4 is 15.4 Å². The third kappa shape index (κ3) is 4.58. The predicted octanol–water partition coefficient (Wildman–Crippen LogP) is 3.19. The average Bonchev–Trinajstić information content (AvgIpc) is 2.67. The molecular weight excluding hydrogens is 398 g/mol. The van der Waals surface area contributed by atoms with Gasteiger partial charge in [-0.3, -0.25) is 9.59 Å². The van der Waals surface area contributed by atoms with E-state index in [9.17, 15) is 14.4 Å². The lowest BCUT2D eigenvalue weighted by atomic mass is 9.82. The Morgan fingerprint density at radius 3 is 2.34 bits per heavy atom. The summed E-state index contributed by atoms with van der Waals surface area (Å²) in [6.07, 6.45) is 3.93. The molecule has 2 unspecified atom stereocenters. The van der Waals surface area contributed by atoms with Gasteiger partial charge < -0.3 is 25.0 Å². The van der Waals surface area contributed by atoms with Crippen molar-refractivity contribution in [3.63, 3.8) is 0 Å². The van der Waals surface area contributed by atoms with Gasteiger partial charge in [-0.25, -0.2) is 4.79 Å². The zero-order valence-electron chi connectivity index (χ0n) is 16.8. The normalized spacial score (nSPS) is 23.2. The molecule has 2 bridgehead atoms. The third-order valence-electron chi connectivity index (χ3n) is 5.54. The lowest BCUT2D eigenvalue weighted by Gasteiger charge is -2.47. The molecule has 9 heteroatoms. The SMILES string of the molecule is COC(=O)N1C2CCCC1CC(NC(=O)c1cc(Cl)c(NC(C)=O)cc1OC)C2. The first kappa shape index (κ1) is 21.2. The van der Waals surface area contributed by atoms with Crippen LogP contribution in [0.15, 0.2) is 12.1 Å². The standard InChI is InChI=1S/C20H26ClN3O5/c1-11(25)22-17-10-18(28-2)15(9-16(17)21)19(26)23-12-7-13-5-4-6-14(8-12)24(13)20(27)29-3/h9-10,12-14H,4-8H2,1-3H3,(H,22,25)(H,23,26). The van der Waals surface area contributed by atoms with Gasteiger partial charge in [0.05, 0.1) is 30.5 Å². The van der Waals surface area contributed by atoms with Gasteiger partial charge in [0.2, 0.25) is 5.91 Å². The quantitative estimate of drug-likeness (QED) is 0.775. The number of nitrogens with one attached hydrogen (secondary N) is 2. The molecule has 0 aliphatic carbocycles. The molecule has 2 aliphatic heterocycles. The molecule has 3 amide bonds. The van der Waals surface area contributed by atoms with Crippen LogP contribution in [-0.2, 0) is 9.53 Å². The topological polar surface area (TPSA) is 97.0 Å². The van der Waals surface area contributed by atoms with Crippen LogP contribution >= 0.6 is 11.6 Å². The Morgan fingerprint density at radius 2 is 1.79 bits per heavy atom. The fourth-order valence-corrected chi connectivity index (χ4v) is 4.56. The molecule has 1 aromatic rings. The summed E-state index contributed by atoms with van der Waals surface area (Å²) in [4.78, 5) is 38.2. The molecule has 8 nitrogen and oxygen atoms in total. The summed E-state index contributed by atoms with van der Waals surface area (Å²) in [5.74, 6) is -0.245. The molecule has 1 aromatic carbocycles. The minimum atomic E-state index is -0.300. The minimum Gasteiger partial charge on any atom is -0.496 e. The number of hydrogen-bond donors (Lipinski definition) is 2. The van der Waals surface area contributed by atoms with Crippen LogP contribution in [0.2, 0.25) is 5.02 Å². The second kappa shape index (κ2) is 8.90. The van der Waals surface area contributed by atoms with Crippen LogP contribution in [0.5, 0.6) is 5.75 Å². The fourth-order valence-electron chi connectivity index (χ4n) is 4.35. The van der Waals surface area contributed by atoms with E-state index >= 15 is 0 Å². The van der Waals surface area contributed by atoms with Gasteiger partial charge in [-0.15, -0.1) is 0 Å². The zero-order chi connectivity index (χ0) is 21.1. The molecule has 0 saturated carbocycles. The first-order valence-electron chi connectivity index (χ1n) is 9.66. The van der Waals surface area contributed by atoms with Gasteiger partial charge in [0, 0.05) is 31.1 Å². The van der Waals surface area contributed by atoms with E-state index in [4.69, 9.17) is 21.1 Å². The summed E-state index contributed by atoms with van der Waals surface area (Å²) in [5.41, 5.74) is 0.681. The third-order valence-corrected chi connectivity index (χ3v) is 5.85. The van der Waals surface area contributed by atoms with Gasteiger partial charge in [-0.2, -0.15) is 0 Å². The summed E-state index contributed by atoms with van der Waals surface area (Å²) >= 11 is 6.23. The number of nitrogens with zero attached hydrogens (tertiary/aromatic N) is 1.